The summed E-state index contributed by atoms with van der Waals surface area (Å²) in [6.07, 6.45) is 0. The summed E-state index contributed by atoms with van der Waals surface area (Å²) in [5.74, 6) is -1.82. The number of phenols is 8. The maximum atomic E-state index is 10.9. The third kappa shape index (κ3) is 10.0. The summed E-state index contributed by atoms with van der Waals surface area (Å²) in [6, 6.07) is 32.9. The first kappa shape index (κ1) is 56.0. The number of benzene rings is 8. The third-order valence-corrected chi connectivity index (χ3v) is 13.1. The quantitative estimate of drug-likeness (QED) is 0.0584. The van der Waals surface area contributed by atoms with Crippen LogP contribution in [0.2, 0.25) is 0 Å². The fraction of sp³-hybridized carbons (Fsp3) is 0. The molecule has 0 radical (unpaired) electrons. The molecule has 82 heavy (non-hydrogen) atoms. The Hall–Kier alpha value is -10.8. The molecule has 0 saturated heterocycles. The largest absolute Gasteiger partial charge is 0.592 e. The van der Waals surface area contributed by atoms with Crippen LogP contribution < -0.4 is 21.7 Å². The molecule has 0 saturated carbocycles. The summed E-state index contributed by atoms with van der Waals surface area (Å²) < 4.78 is 23.9. The minimum atomic E-state index is -0.405. The van der Waals surface area contributed by atoms with Crippen LogP contribution in [0.4, 0.5) is 0 Å². The Morgan fingerprint density at radius 1 is 0.293 bits per heavy atom. The monoisotopic (exact) mass is 1200 g/mol. The zero-order chi connectivity index (χ0) is 56.6. The summed E-state index contributed by atoms with van der Waals surface area (Å²) in [6.45, 7) is 0. The summed E-state index contributed by atoms with van der Waals surface area (Å²) >= 11 is 0. The molecule has 412 valence electrons. The number of rotatable bonds is 6. The van der Waals surface area contributed by atoms with Crippen LogP contribution in [0.15, 0.2) is 163 Å². The molecule has 20 nitrogen and oxygen atoms in total. The van der Waals surface area contributed by atoms with Crippen molar-refractivity contribution >= 4 is 43.9 Å². The number of fused-ring (bicyclic) bond motifs is 4. The molecule has 4 aromatic heterocycles. The molecule has 8 aromatic carbocycles. The Bertz CT molecular complexity index is 4530. The molecule has 0 bridgehead atoms. The fourth-order valence-electron chi connectivity index (χ4n) is 9.37. The molecular weight excluding hydrogens is 1150 g/mol. The molecule has 0 atom stereocenters. The van der Waals surface area contributed by atoms with E-state index >= 15 is 0 Å². The molecule has 12 aromatic rings. The first-order valence-electron chi connectivity index (χ1n) is 23.7. The standard InChI is InChI=1S/2C30H18O10.2Fe/c2*31-15-4-1-13(2-5-15)24-12-23(38)29-21(36)10-20(35)27(30(29)40-24)17-7-14(3-6-18(17)33)25-11-22(37)28-19(34)8-16(32)9-26(28)39-25;;/h2*1-12,31-36H;;/p+8. The molecule has 0 unspecified atom stereocenters. The van der Waals surface area contributed by atoms with Gasteiger partial charge in [0.15, 0.2) is 22.3 Å². The molecule has 0 aliphatic rings. The summed E-state index contributed by atoms with van der Waals surface area (Å²) in [4.78, 5) is 42.9. The Kier molecular flexibility index (Phi) is 14.7. The van der Waals surface area contributed by atoms with Gasteiger partial charge in [0.1, 0.15) is 69.0 Å². The van der Waals surface area contributed by atoms with Gasteiger partial charge in [0.2, 0.25) is 21.5 Å². The second-order valence-electron chi connectivity index (χ2n) is 18.3. The van der Waals surface area contributed by atoms with Crippen molar-refractivity contribution in [3.8, 4) is 137 Å². The van der Waals surface area contributed by atoms with Crippen molar-refractivity contribution < 1.29 is 132 Å². The van der Waals surface area contributed by atoms with E-state index in [9.17, 15) is 60.0 Å². The average Bonchev–Trinajstić information content (AvgIpc) is 3.42. The Morgan fingerprint density at radius 2 is 0.598 bits per heavy atom. The van der Waals surface area contributed by atoms with E-state index in [1.807, 2.05) is 0 Å². The second kappa shape index (κ2) is 21.5. The van der Waals surface area contributed by atoms with Crippen LogP contribution >= 0.6 is 0 Å². The van der Waals surface area contributed by atoms with E-state index in [1.54, 1.807) is 24.3 Å². The van der Waals surface area contributed by atoms with Crippen LogP contribution in [0, 0.1) is 0 Å². The second-order valence-corrected chi connectivity index (χ2v) is 18.3. The van der Waals surface area contributed by atoms with E-state index in [0.29, 0.717) is 22.3 Å². The van der Waals surface area contributed by atoms with Gasteiger partial charge in [0, 0.05) is 79.7 Å². The topological polar surface area (TPSA) is 392 Å². The molecule has 4 heterocycles. The van der Waals surface area contributed by atoms with Crippen molar-refractivity contribution in [1.82, 2.24) is 0 Å². The van der Waals surface area contributed by atoms with Crippen molar-refractivity contribution in [2.24, 2.45) is 0 Å². The maximum absolute atomic E-state index is 10.9. The zero-order valence-corrected chi connectivity index (χ0v) is 43.8. The van der Waals surface area contributed by atoms with Gasteiger partial charge in [-0.1, -0.05) is 0 Å². The average molecular weight is 1200 g/mol. The minimum absolute atomic E-state index is 0. The molecule has 20 N–H and O–H groups in total. The van der Waals surface area contributed by atoms with Crippen LogP contribution in [0.25, 0.3) is 111 Å². The van der Waals surface area contributed by atoms with Crippen molar-refractivity contribution in [2.45, 2.75) is 0 Å². The summed E-state index contributed by atoms with van der Waals surface area (Å²) in [7, 11) is 0. The summed E-state index contributed by atoms with van der Waals surface area (Å²) in [5.41, 5.74) is 0.617. The molecule has 0 aliphatic heterocycles. The maximum Gasteiger partial charge on any atom is 0.364 e. The number of hydrogen-bond acceptors (Lipinski definition) is 12. The zero-order valence-electron chi connectivity index (χ0n) is 41.6. The van der Waals surface area contributed by atoms with Crippen LogP contribution in [-0.2, 0) is 34.1 Å². The predicted octanol–water partition coefficient (Wildman–Crippen LogP) is 7.77. The van der Waals surface area contributed by atoms with Crippen LogP contribution in [0.1, 0.15) is 0 Å². The van der Waals surface area contributed by atoms with E-state index in [-0.39, 0.29) is 203 Å². The normalized spacial score (nSPS) is 11.0. The Balaban J connectivity index is 0.000000193. The molecular formula is C60H44Fe2O20+8. The molecule has 0 fully saturated rings. The van der Waals surface area contributed by atoms with Crippen molar-refractivity contribution in [3.63, 3.8) is 0 Å². The molecule has 0 amide bonds. The fourth-order valence-corrected chi connectivity index (χ4v) is 9.37. The van der Waals surface area contributed by atoms with E-state index < -0.39 is 11.5 Å². The number of aromatic hydroxyl groups is 8. The van der Waals surface area contributed by atoms with Crippen LogP contribution in [0.3, 0.4) is 0 Å². The Morgan fingerprint density at radius 3 is 0.951 bits per heavy atom. The molecule has 0 aliphatic carbocycles. The van der Waals surface area contributed by atoms with Crippen molar-refractivity contribution in [1.29, 1.82) is 0 Å². The van der Waals surface area contributed by atoms with E-state index in [4.69, 9.17) is 38.1 Å². The number of phenolic OH excluding ortho intramolecular Hbond substituents is 8. The van der Waals surface area contributed by atoms with Crippen LogP contribution in [-0.4, -0.2) is 80.5 Å². The van der Waals surface area contributed by atoms with Gasteiger partial charge in [0.25, 0.3) is 23.0 Å². The van der Waals surface area contributed by atoms with Gasteiger partial charge >= 0.3 is 21.7 Å². The molecule has 12 rings (SSSR count). The number of hydrogen-bond donors (Lipinski definition) is 8. The van der Waals surface area contributed by atoms with E-state index in [2.05, 4.69) is 0 Å². The van der Waals surface area contributed by atoms with E-state index in [1.165, 1.54) is 109 Å². The molecule has 0 spiro atoms. The van der Waals surface area contributed by atoms with Crippen LogP contribution in [0.5, 0.6) is 69.0 Å². The predicted molar refractivity (Wildman–Crippen MR) is 290 cm³/mol. The minimum Gasteiger partial charge on any atom is -0.592 e. The van der Waals surface area contributed by atoms with Gasteiger partial charge in [-0.25, -0.2) is 0 Å². The first-order valence-corrected chi connectivity index (χ1v) is 23.7. The van der Waals surface area contributed by atoms with Crippen molar-refractivity contribution in [3.05, 3.63) is 167 Å². The van der Waals surface area contributed by atoms with Crippen molar-refractivity contribution in [2.75, 3.05) is 0 Å². The first-order chi connectivity index (χ1) is 38.2. The molecule has 22 heteroatoms. The van der Waals surface area contributed by atoms with Gasteiger partial charge in [-0.05, 0) is 84.9 Å². The van der Waals surface area contributed by atoms with Gasteiger partial charge in [-0.3, -0.25) is 19.2 Å². The van der Waals surface area contributed by atoms with Gasteiger partial charge < -0.3 is 78.9 Å². The SMILES string of the molecule is Oc1ccc(-c2cc(=[OH+])c3c([OH2+])cc(O)c(-c4cc(-c5cc(=[OH+])c6c([OH2+])cc(O)cc6o5)ccc4O)c3o2)cc1.Oc1ccc(-c2cc(=[OH+])c3c([OH2+])cc(O)c(-c4cc(-c5cc(=[OH+])c6c([OH2+])cc(O)cc6o5)ccc4O)c3o2)cc1.[Fe].[Fe]. The van der Waals surface area contributed by atoms with Gasteiger partial charge in [-0.15, -0.1) is 0 Å². The van der Waals surface area contributed by atoms with Gasteiger partial charge in [-0.2, -0.15) is 0 Å². The Labute approximate surface area is 477 Å². The van der Waals surface area contributed by atoms with Gasteiger partial charge in [0.05, 0.1) is 59.7 Å². The smallest absolute Gasteiger partial charge is 0.364 e. The van der Waals surface area contributed by atoms with E-state index in [0.717, 1.165) is 12.1 Å². The summed E-state index contributed by atoms with van der Waals surface area (Å²) in [5, 5.41) is 116. The third-order valence-electron chi connectivity index (χ3n) is 13.1.